The Morgan fingerprint density at radius 3 is 2.22 bits per heavy atom. The van der Waals surface area contributed by atoms with E-state index in [1.165, 1.54) is 12.1 Å². The molecule has 0 amide bonds. The lowest BCUT2D eigenvalue weighted by molar-refractivity contribution is -0.148. The molecule has 0 saturated heterocycles. The fourth-order valence-corrected chi connectivity index (χ4v) is 2.77. The topological polar surface area (TPSA) is 52.6 Å². The van der Waals surface area contributed by atoms with Gasteiger partial charge in [-0.25, -0.2) is 0 Å². The first kappa shape index (κ1) is 20.1. The summed E-state index contributed by atoms with van der Waals surface area (Å²) in [5.74, 6) is -0.705. The highest BCUT2D eigenvalue weighted by atomic mass is 35.5. The maximum Gasteiger partial charge on any atom is 0.311 e. The highest BCUT2D eigenvalue weighted by Crippen LogP contribution is 2.36. The van der Waals surface area contributed by atoms with E-state index in [9.17, 15) is 9.59 Å². The van der Waals surface area contributed by atoms with E-state index in [-0.39, 0.29) is 28.6 Å². The van der Waals surface area contributed by atoms with Gasteiger partial charge in [0.15, 0.2) is 5.75 Å². The first-order valence-electron chi connectivity index (χ1n) is 7.34. The highest BCUT2D eigenvalue weighted by molar-refractivity contribution is 6.40. The summed E-state index contributed by atoms with van der Waals surface area (Å²) in [5.41, 5.74) is 0. The second-order valence-electron chi connectivity index (χ2n) is 5.25. The van der Waals surface area contributed by atoms with Gasteiger partial charge >= 0.3 is 11.9 Å². The number of halogens is 3. The number of benzene rings is 1. The van der Waals surface area contributed by atoms with Gasteiger partial charge < -0.3 is 9.47 Å². The van der Waals surface area contributed by atoms with Gasteiger partial charge in [-0.05, 0) is 24.5 Å². The van der Waals surface area contributed by atoms with Crippen LogP contribution in [0.1, 0.15) is 39.5 Å². The molecule has 7 heteroatoms. The number of carbonyl (C=O) groups excluding carboxylic acids is 2. The fraction of sp³-hybridized carbons (Fsp3) is 0.500. The standard InChI is InChI=1S/C16H19Cl3O4/c1-3-4-10(2)9-22-14(20)5-6-15(21)23-16-12(18)7-11(17)8-13(16)19/h7-8,10H,3-6,9H2,1-2H3. The van der Waals surface area contributed by atoms with Crippen LogP contribution in [-0.2, 0) is 14.3 Å². The molecule has 0 aromatic heterocycles. The smallest absolute Gasteiger partial charge is 0.311 e. The van der Waals surface area contributed by atoms with Crippen LogP contribution >= 0.6 is 34.8 Å². The van der Waals surface area contributed by atoms with Gasteiger partial charge in [-0.1, -0.05) is 55.1 Å². The molecule has 1 aromatic carbocycles. The van der Waals surface area contributed by atoms with Crippen LogP contribution in [0.3, 0.4) is 0 Å². The zero-order chi connectivity index (χ0) is 17.4. The van der Waals surface area contributed by atoms with Crippen molar-refractivity contribution < 1.29 is 19.1 Å². The number of hydrogen-bond donors (Lipinski definition) is 0. The third-order valence-electron chi connectivity index (χ3n) is 3.02. The number of carbonyl (C=O) groups is 2. The Labute approximate surface area is 151 Å². The molecule has 0 aliphatic carbocycles. The minimum absolute atomic E-state index is 0.0349. The third kappa shape index (κ3) is 7.42. The van der Waals surface area contributed by atoms with Gasteiger partial charge in [-0.3, -0.25) is 9.59 Å². The summed E-state index contributed by atoms with van der Waals surface area (Å²) in [6, 6.07) is 2.84. The Morgan fingerprint density at radius 2 is 1.65 bits per heavy atom. The van der Waals surface area contributed by atoms with E-state index in [0.29, 0.717) is 17.5 Å². The van der Waals surface area contributed by atoms with E-state index in [2.05, 4.69) is 6.92 Å². The minimum atomic E-state index is -0.616. The summed E-state index contributed by atoms with van der Waals surface area (Å²) in [7, 11) is 0. The van der Waals surface area contributed by atoms with E-state index in [0.717, 1.165) is 12.8 Å². The summed E-state index contributed by atoms with van der Waals surface area (Å²) >= 11 is 17.6. The summed E-state index contributed by atoms with van der Waals surface area (Å²) in [6.45, 7) is 4.44. The van der Waals surface area contributed by atoms with Crippen molar-refractivity contribution in [3.8, 4) is 5.75 Å². The first-order chi connectivity index (χ1) is 10.8. The SMILES string of the molecule is CCCC(C)COC(=O)CCC(=O)Oc1c(Cl)cc(Cl)cc1Cl. The van der Waals surface area contributed by atoms with Gasteiger partial charge in [0.2, 0.25) is 0 Å². The molecule has 1 rings (SSSR count). The van der Waals surface area contributed by atoms with E-state index >= 15 is 0 Å². The predicted molar refractivity (Wildman–Crippen MR) is 91.4 cm³/mol. The second kappa shape index (κ2) is 10.0. The van der Waals surface area contributed by atoms with Gasteiger partial charge in [0, 0.05) is 5.02 Å². The Balaban J connectivity index is 2.42. The summed E-state index contributed by atoms with van der Waals surface area (Å²) < 4.78 is 10.2. The van der Waals surface area contributed by atoms with Gasteiger partial charge in [0.05, 0.1) is 29.5 Å². The van der Waals surface area contributed by atoms with E-state index in [4.69, 9.17) is 44.3 Å². The van der Waals surface area contributed by atoms with E-state index < -0.39 is 11.9 Å². The molecule has 0 aliphatic heterocycles. The molecule has 23 heavy (non-hydrogen) atoms. The largest absolute Gasteiger partial charge is 0.465 e. The van der Waals surface area contributed by atoms with Crippen LogP contribution in [0.2, 0.25) is 15.1 Å². The molecule has 0 aliphatic rings. The molecule has 4 nitrogen and oxygen atoms in total. The van der Waals surface area contributed by atoms with Gasteiger partial charge in [0.1, 0.15) is 0 Å². The van der Waals surface area contributed by atoms with E-state index in [1.807, 2.05) is 6.92 Å². The Hall–Kier alpha value is -0.970. The minimum Gasteiger partial charge on any atom is -0.465 e. The molecule has 0 saturated carbocycles. The molecule has 1 atom stereocenters. The Morgan fingerprint density at radius 1 is 1.09 bits per heavy atom. The van der Waals surface area contributed by atoms with Crippen molar-refractivity contribution >= 4 is 46.7 Å². The molecule has 0 fully saturated rings. The number of hydrogen-bond acceptors (Lipinski definition) is 4. The molecular formula is C16H19Cl3O4. The average Bonchev–Trinajstić information content (AvgIpc) is 2.47. The molecule has 0 heterocycles. The van der Waals surface area contributed by atoms with Crippen molar-refractivity contribution in [2.45, 2.75) is 39.5 Å². The molecular weight excluding hydrogens is 363 g/mol. The van der Waals surface area contributed by atoms with Gasteiger partial charge in [-0.15, -0.1) is 0 Å². The fourth-order valence-electron chi connectivity index (χ4n) is 1.88. The zero-order valence-electron chi connectivity index (χ0n) is 13.0. The van der Waals surface area contributed by atoms with Crippen molar-refractivity contribution in [2.75, 3.05) is 6.61 Å². The molecule has 128 valence electrons. The lowest BCUT2D eigenvalue weighted by Gasteiger charge is -2.11. The number of ether oxygens (including phenoxy) is 2. The van der Waals surface area contributed by atoms with Crippen LogP contribution in [0.15, 0.2) is 12.1 Å². The van der Waals surface area contributed by atoms with E-state index in [1.54, 1.807) is 0 Å². The highest BCUT2D eigenvalue weighted by Gasteiger charge is 2.16. The molecule has 0 spiro atoms. The maximum atomic E-state index is 11.8. The van der Waals surface area contributed by atoms with Crippen molar-refractivity contribution in [1.82, 2.24) is 0 Å². The summed E-state index contributed by atoms with van der Waals surface area (Å²) in [6.07, 6.45) is 1.85. The summed E-state index contributed by atoms with van der Waals surface area (Å²) in [4.78, 5) is 23.4. The molecule has 1 aromatic rings. The molecule has 0 N–H and O–H groups in total. The van der Waals surface area contributed by atoms with Gasteiger partial charge in [0.25, 0.3) is 0 Å². The summed E-state index contributed by atoms with van der Waals surface area (Å²) in [5, 5.41) is 0.600. The van der Waals surface area contributed by atoms with Crippen LogP contribution in [0.4, 0.5) is 0 Å². The van der Waals surface area contributed by atoms with Crippen LogP contribution in [-0.4, -0.2) is 18.5 Å². The number of rotatable bonds is 8. The lowest BCUT2D eigenvalue weighted by Crippen LogP contribution is -2.15. The lowest BCUT2D eigenvalue weighted by atomic mass is 10.1. The van der Waals surface area contributed by atoms with Gasteiger partial charge in [-0.2, -0.15) is 0 Å². The normalized spacial score (nSPS) is 11.9. The molecule has 0 radical (unpaired) electrons. The van der Waals surface area contributed by atoms with Crippen LogP contribution in [0.5, 0.6) is 5.75 Å². The Bertz CT molecular complexity index is 537. The zero-order valence-corrected chi connectivity index (χ0v) is 15.3. The second-order valence-corrected chi connectivity index (χ2v) is 6.50. The Kier molecular flexibility index (Phi) is 8.74. The molecule has 0 bridgehead atoms. The van der Waals surface area contributed by atoms with Crippen molar-refractivity contribution in [2.24, 2.45) is 5.92 Å². The average molecular weight is 382 g/mol. The first-order valence-corrected chi connectivity index (χ1v) is 8.47. The van der Waals surface area contributed by atoms with Crippen molar-refractivity contribution in [1.29, 1.82) is 0 Å². The van der Waals surface area contributed by atoms with Crippen LogP contribution in [0, 0.1) is 5.92 Å². The third-order valence-corrected chi connectivity index (χ3v) is 3.80. The molecule has 1 unspecified atom stereocenters. The predicted octanol–water partition coefficient (Wildman–Crippen LogP) is 5.31. The van der Waals surface area contributed by atoms with Crippen LogP contribution in [0.25, 0.3) is 0 Å². The number of esters is 2. The van der Waals surface area contributed by atoms with Crippen molar-refractivity contribution in [3.63, 3.8) is 0 Å². The quantitative estimate of drug-likeness (QED) is 0.452. The maximum absolute atomic E-state index is 11.8. The van der Waals surface area contributed by atoms with Crippen LogP contribution < -0.4 is 4.74 Å². The monoisotopic (exact) mass is 380 g/mol. The van der Waals surface area contributed by atoms with Crippen molar-refractivity contribution in [3.05, 3.63) is 27.2 Å².